The summed E-state index contributed by atoms with van der Waals surface area (Å²) in [6.07, 6.45) is 1.18. The van der Waals surface area contributed by atoms with Crippen LogP contribution in [-0.2, 0) is 39.9 Å². The van der Waals surface area contributed by atoms with E-state index in [2.05, 4.69) is 41.6 Å². The highest BCUT2D eigenvalue weighted by Gasteiger charge is 2.29. The Hall–Kier alpha value is -3.79. The molecule has 0 aromatic heterocycles. The summed E-state index contributed by atoms with van der Waals surface area (Å²) < 4.78 is 21.7. The van der Waals surface area contributed by atoms with E-state index in [4.69, 9.17) is 24.7 Å². The molecule has 15 heteroatoms. The molecule has 1 aromatic rings. The molecule has 0 spiro atoms. The van der Waals surface area contributed by atoms with Gasteiger partial charge in [0.1, 0.15) is 6.61 Å². The quantitative estimate of drug-likeness (QED) is 0.0959. The third kappa shape index (κ3) is 21.5. The Morgan fingerprint density at radius 3 is 2.04 bits per heavy atom. The minimum Gasteiger partial charge on any atom is -0.445 e. The summed E-state index contributed by atoms with van der Waals surface area (Å²) in [6.45, 7) is 16.1. The van der Waals surface area contributed by atoms with E-state index in [1.807, 2.05) is 27.8 Å². The average molecular weight is 751 g/mol. The van der Waals surface area contributed by atoms with Gasteiger partial charge in [0.25, 0.3) is 0 Å². The third-order valence-electron chi connectivity index (χ3n) is 8.55. The summed E-state index contributed by atoms with van der Waals surface area (Å²) in [4.78, 5) is 67.1. The van der Waals surface area contributed by atoms with Crippen LogP contribution in [0.25, 0.3) is 0 Å². The van der Waals surface area contributed by atoms with Crippen LogP contribution in [0.5, 0.6) is 0 Å². The number of urea groups is 1. The van der Waals surface area contributed by atoms with Gasteiger partial charge in [-0.15, -0.1) is 0 Å². The number of ketones is 1. The zero-order chi connectivity index (χ0) is 39.8. The highest BCUT2D eigenvalue weighted by molar-refractivity contribution is 5.97. The number of amides is 5. The maximum Gasteiger partial charge on any atom is 0.409 e. The van der Waals surface area contributed by atoms with Crippen molar-refractivity contribution in [1.29, 1.82) is 0 Å². The van der Waals surface area contributed by atoms with Crippen LogP contribution in [0, 0.1) is 11.8 Å². The van der Waals surface area contributed by atoms with Gasteiger partial charge < -0.3 is 45.5 Å². The predicted molar refractivity (Wildman–Crippen MR) is 204 cm³/mol. The van der Waals surface area contributed by atoms with Gasteiger partial charge in [0, 0.05) is 63.3 Å². The summed E-state index contributed by atoms with van der Waals surface area (Å²) in [5.41, 5.74) is 6.42. The molecular formula is C38H66N6O9. The number of carbonyl (C=O) groups is 5. The first-order valence-electron chi connectivity index (χ1n) is 18.6. The first kappa shape index (κ1) is 47.2. The molecule has 0 fully saturated rings. The minimum absolute atomic E-state index is 0.00964. The van der Waals surface area contributed by atoms with Crippen LogP contribution in [-0.4, -0.2) is 124 Å². The Balaban J connectivity index is 2.72. The number of likely N-dealkylation sites (N-methyl/N-ethyl adjacent to an activating group) is 2. The fraction of sp³-hybridized carbons (Fsp3) is 0.711. The van der Waals surface area contributed by atoms with Gasteiger partial charge in [-0.05, 0) is 70.7 Å². The molecule has 0 bridgehead atoms. The number of Topliss-reactive ketones (excluding diaryl/α,β-unsaturated/α-hetero) is 1. The maximum atomic E-state index is 13.5. The van der Waals surface area contributed by atoms with Crippen LogP contribution in [0.1, 0.15) is 79.2 Å². The second-order valence-electron chi connectivity index (χ2n) is 14.4. The molecule has 0 saturated carbocycles. The molecular weight excluding hydrogens is 684 g/mol. The Morgan fingerprint density at radius 1 is 0.868 bits per heavy atom. The van der Waals surface area contributed by atoms with Crippen LogP contribution in [0.15, 0.2) is 24.3 Å². The van der Waals surface area contributed by atoms with Crippen molar-refractivity contribution in [1.82, 2.24) is 20.4 Å². The number of primary amides is 1. The number of hydrogen-bond acceptors (Lipinski definition) is 10. The van der Waals surface area contributed by atoms with E-state index >= 15 is 0 Å². The molecule has 2 atom stereocenters. The number of hydrogen-bond donors (Lipinski definition) is 4. The van der Waals surface area contributed by atoms with Crippen LogP contribution in [0.3, 0.4) is 0 Å². The number of carbonyl (C=O) groups excluding carboxylic acids is 5. The number of nitrogens with two attached hydrogens (primary N) is 1. The van der Waals surface area contributed by atoms with E-state index in [0.29, 0.717) is 64.7 Å². The Kier molecular flexibility index (Phi) is 23.2. The van der Waals surface area contributed by atoms with E-state index < -0.39 is 24.1 Å². The zero-order valence-electron chi connectivity index (χ0n) is 33.3. The van der Waals surface area contributed by atoms with Crippen molar-refractivity contribution in [3.63, 3.8) is 0 Å². The van der Waals surface area contributed by atoms with Gasteiger partial charge in [-0.2, -0.15) is 0 Å². The van der Waals surface area contributed by atoms with Crippen molar-refractivity contribution in [2.45, 2.75) is 91.8 Å². The molecule has 1 rings (SSSR count). The minimum atomic E-state index is -0.798. The van der Waals surface area contributed by atoms with E-state index in [1.54, 1.807) is 31.3 Å². The standard InChI is InChI=1S/C38H66N6O9/c1-9-20-50-22-24-52-25-23-51-21-16-33(46)42-34(28(2)3)32(45)26-30(11-10-17-40-36(39)48)35(47)41-31-14-12-29(13-15-31)27-53-37(49)43(7)18-19-44(8)38(4,5)6/h12-15,28,30,34H,9-11,16-27H2,1-8H3,(H,41,47)(H,42,46)(H3,39,40,48)/t30-,34?/m1/s1. The maximum absolute atomic E-state index is 13.5. The number of benzene rings is 1. The summed E-state index contributed by atoms with van der Waals surface area (Å²) in [6, 6.07) is 5.42. The summed E-state index contributed by atoms with van der Waals surface area (Å²) in [5, 5.41) is 8.19. The molecule has 0 saturated heterocycles. The number of nitrogens with one attached hydrogen (secondary N) is 3. The highest BCUT2D eigenvalue weighted by atomic mass is 16.6. The summed E-state index contributed by atoms with van der Waals surface area (Å²) in [5.74, 6) is -1.94. The monoisotopic (exact) mass is 750 g/mol. The molecule has 15 nitrogen and oxygen atoms in total. The zero-order valence-corrected chi connectivity index (χ0v) is 33.3. The molecule has 5 N–H and O–H groups in total. The van der Waals surface area contributed by atoms with E-state index in [-0.39, 0.29) is 61.7 Å². The van der Waals surface area contributed by atoms with Gasteiger partial charge in [0.2, 0.25) is 11.8 Å². The number of anilines is 1. The van der Waals surface area contributed by atoms with Crippen LogP contribution >= 0.6 is 0 Å². The molecule has 0 aliphatic carbocycles. The van der Waals surface area contributed by atoms with Crippen LogP contribution < -0.4 is 21.7 Å². The van der Waals surface area contributed by atoms with Crippen LogP contribution in [0.2, 0.25) is 0 Å². The topological polar surface area (TPSA) is 191 Å². The molecule has 0 aliphatic heterocycles. The van der Waals surface area contributed by atoms with E-state index in [9.17, 15) is 24.0 Å². The fourth-order valence-electron chi connectivity index (χ4n) is 4.88. The molecule has 0 heterocycles. The lowest BCUT2D eigenvalue weighted by atomic mass is 9.89. The molecule has 302 valence electrons. The van der Waals surface area contributed by atoms with Gasteiger partial charge in [-0.3, -0.25) is 19.3 Å². The molecule has 53 heavy (non-hydrogen) atoms. The molecule has 1 aromatic carbocycles. The number of rotatable bonds is 27. The molecule has 1 unspecified atom stereocenters. The average Bonchev–Trinajstić information content (AvgIpc) is 3.10. The molecule has 0 aliphatic rings. The van der Waals surface area contributed by atoms with Gasteiger partial charge in [0.15, 0.2) is 5.78 Å². The van der Waals surface area contributed by atoms with Crippen molar-refractivity contribution in [3.8, 4) is 0 Å². The molecule has 5 amide bonds. The Bertz CT molecular complexity index is 1240. The SMILES string of the molecule is CCCOCCOCCOCCC(=O)NC(C(=O)C[C@@H](CCCNC(N)=O)C(=O)Nc1ccc(COC(=O)N(C)CCN(C)C(C)(C)C)cc1)C(C)C. The van der Waals surface area contributed by atoms with Crippen molar-refractivity contribution < 1.29 is 42.9 Å². The van der Waals surface area contributed by atoms with Crippen molar-refractivity contribution in [3.05, 3.63) is 29.8 Å². The first-order valence-corrected chi connectivity index (χ1v) is 18.6. The van der Waals surface area contributed by atoms with Gasteiger partial charge in [-0.1, -0.05) is 32.9 Å². The van der Waals surface area contributed by atoms with E-state index in [0.717, 1.165) is 12.0 Å². The van der Waals surface area contributed by atoms with Gasteiger partial charge in [-0.25, -0.2) is 9.59 Å². The summed E-state index contributed by atoms with van der Waals surface area (Å²) in [7, 11) is 3.70. The van der Waals surface area contributed by atoms with Crippen molar-refractivity contribution in [2.75, 3.05) is 78.7 Å². The largest absolute Gasteiger partial charge is 0.445 e. The smallest absolute Gasteiger partial charge is 0.409 e. The van der Waals surface area contributed by atoms with Crippen molar-refractivity contribution >= 4 is 35.4 Å². The second kappa shape index (κ2) is 26.1. The number of nitrogens with zero attached hydrogens (tertiary/aromatic N) is 2. The second-order valence-corrected chi connectivity index (χ2v) is 14.4. The summed E-state index contributed by atoms with van der Waals surface area (Å²) >= 11 is 0. The van der Waals surface area contributed by atoms with E-state index in [1.165, 1.54) is 4.90 Å². The molecule has 0 radical (unpaired) electrons. The Morgan fingerprint density at radius 2 is 1.47 bits per heavy atom. The highest BCUT2D eigenvalue weighted by Crippen LogP contribution is 2.20. The lowest BCUT2D eigenvalue weighted by molar-refractivity contribution is -0.131. The third-order valence-corrected chi connectivity index (χ3v) is 8.55. The normalized spacial score (nSPS) is 12.6. The van der Waals surface area contributed by atoms with Gasteiger partial charge >= 0.3 is 12.1 Å². The lowest BCUT2D eigenvalue weighted by Gasteiger charge is -2.33. The lowest BCUT2D eigenvalue weighted by Crippen LogP contribution is -2.45. The fourth-order valence-corrected chi connectivity index (χ4v) is 4.88. The van der Waals surface area contributed by atoms with Crippen molar-refractivity contribution in [2.24, 2.45) is 17.6 Å². The first-order chi connectivity index (χ1) is 25.0. The van der Waals surface area contributed by atoms with Crippen LogP contribution in [0.4, 0.5) is 15.3 Å². The number of ether oxygens (including phenoxy) is 4. The predicted octanol–water partition coefficient (Wildman–Crippen LogP) is 3.94. The Labute approximate surface area is 316 Å². The van der Waals surface area contributed by atoms with Gasteiger partial charge in [0.05, 0.1) is 39.1 Å².